The lowest BCUT2D eigenvalue weighted by Crippen LogP contribution is -2.45. The molecule has 1 aliphatic heterocycles. The zero-order valence-electron chi connectivity index (χ0n) is 18.6. The molecule has 2 aromatic carbocycles. The van der Waals surface area contributed by atoms with E-state index >= 15 is 0 Å². The first-order valence-electron chi connectivity index (χ1n) is 11.1. The van der Waals surface area contributed by atoms with Crippen molar-refractivity contribution in [2.75, 3.05) is 13.2 Å². The molecule has 4 aromatic rings. The summed E-state index contributed by atoms with van der Waals surface area (Å²) in [5, 5.41) is 11.4. The number of carbonyl (C=O) groups is 1. The van der Waals surface area contributed by atoms with E-state index in [2.05, 4.69) is 20.5 Å². The number of aryl methyl sites for hydroxylation is 1. The van der Waals surface area contributed by atoms with E-state index in [-0.39, 0.29) is 22.7 Å². The number of aromatic amines is 1. The summed E-state index contributed by atoms with van der Waals surface area (Å²) in [6.45, 7) is 3.33. The molecule has 8 nitrogen and oxygen atoms in total. The van der Waals surface area contributed by atoms with E-state index in [4.69, 9.17) is 9.47 Å². The zero-order chi connectivity index (χ0) is 23.5. The third-order valence-corrected chi connectivity index (χ3v) is 6.77. The first-order chi connectivity index (χ1) is 16.6. The molecule has 0 unspecified atom stereocenters. The molecule has 174 valence electrons. The van der Waals surface area contributed by atoms with E-state index in [9.17, 15) is 9.59 Å². The van der Waals surface area contributed by atoms with Crippen LogP contribution in [0.25, 0.3) is 10.9 Å². The fourth-order valence-electron chi connectivity index (χ4n) is 4.21. The van der Waals surface area contributed by atoms with Crippen molar-refractivity contribution in [3.63, 3.8) is 0 Å². The first kappa shape index (κ1) is 22.2. The fraction of sp³-hybridized carbons (Fsp3) is 0.280. The quantitative estimate of drug-likeness (QED) is 0.441. The lowest BCUT2D eigenvalue weighted by Gasteiger charge is -2.30. The van der Waals surface area contributed by atoms with Crippen LogP contribution in [-0.2, 0) is 11.3 Å². The molecule has 0 bridgehead atoms. The summed E-state index contributed by atoms with van der Waals surface area (Å²) in [5.74, 6) is 0.420. The van der Waals surface area contributed by atoms with Crippen molar-refractivity contribution in [2.45, 2.75) is 31.9 Å². The van der Waals surface area contributed by atoms with Crippen LogP contribution in [0.15, 0.2) is 59.4 Å². The lowest BCUT2D eigenvalue weighted by molar-refractivity contribution is 0.0520. The highest BCUT2D eigenvalue weighted by atomic mass is 32.1. The summed E-state index contributed by atoms with van der Waals surface area (Å²) in [7, 11) is 0. The number of ether oxygens (including phenoxy) is 2. The summed E-state index contributed by atoms with van der Waals surface area (Å²) in [6.07, 6.45) is 0.696. The smallest absolute Gasteiger partial charge is 0.322 e. The highest BCUT2D eigenvalue weighted by Gasteiger charge is 2.31. The number of fused-ring (bicyclic) bond motifs is 1. The van der Waals surface area contributed by atoms with E-state index in [1.165, 1.54) is 0 Å². The van der Waals surface area contributed by atoms with Gasteiger partial charge in [-0.3, -0.25) is 14.6 Å². The Labute approximate surface area is 200 Å². The monoisotopic (exact) mass is 476 g/mol. The average Bonchev–Trinajstić information content (AvgIpc) is 3.29. The van der Waals surface area contributed by atoms with Crippen LogP contribution in [0, 0.1) is 6.92 Å². The predicted octanol–water partition coefficient (Wildman–Crippen LogP) is 3.57. The Morgan fingerprint density at radius 1 is 1.24 bits per heavy atom. The highest BCUT2D eigenvalue weighted by Crippen LogP contribution is 2.27. The summed E-state index contributed by atoms with van der Waals surface area (Å²) in [5.41, 5.74) is 3.47. The third kappa shape index (κ3) is 4.85. The Bertz CT molecular complexity index is 1370. The van der Waals surface area contributed by atoms with Gasteiger partial charge in [-0.15, -0.1) is 0 Å². The number of aromatic nitrogens is 3. The van der Waals surface area contributed by atoms with Crippen molar-refractivity contribution in [1.29, 1.82) is 0 Å². The molecule has 3 heterocycles. The van der Waals surface area contributed by atoms with Gasteiger partial charge in [0.1, 0.15) is 17.4 Å². The van der Waals surface area contributed by atoms with Crippen LogP contribution in [-0.4, -0.2) is 40.3 Å². The number of pyridine rings is 1. The van der Waals surface area contributed by atoms with Gasteiger partial charge in [0, 0.05) is 34.7 Å². The molecule has 0 spiro atoms. The van der Waals surface area contributed by atoms with Crippen LogP contribution >= 0.6 is 11.3 Å². The predicted molar refractivity (Wildman–Crippen MR) is 129 cm³/mol. The molecule has 1 amide bonds. The Hall–Kier alpha value is -3.56. The molecule has 2 N–H and O–H groups in total. The third-order valence-electron chi connectivity index (χ3n) is 5.89. The number of carbonyl (C=O) groups excluding carboxylic acids is 1. The Morgan fingerprint density at radius 3 is 2.85 bits per heavy atom. The highest BCUT2D eigenvalue weighted by molar-refractivity contribution is 7.08. The van der Waals surface area contributed by atoms with Crippen LogP contribution in [0.5, 0.6) is 5.75 Å². The van der Waals surface area contributed by atoms with Gasteiger partial charge in [0.25, 0.3) is 5.91 Å². The molecular formula is C25H24N4O4S. The minimum Gasteiger partial charge on any atom is -0.489 e. The molecule has 9 heteroatoms. The van der Waals surface area contributed by atoms with Crippen LogP contribution in [0.4, 0.5) is 0 Å². The topological polar surface area (TPSA) is 106 Å². The van der Waals surface area contributed by atoms with Gasteiger partial charge in [0.15, 0.2) is 0 Å². The zero-order valence-corrected chi connectivity index (χ0v) is 19.4. The average molecular weight is 477 g/mol. The molecule has 2 atom stereocenters. The van der Waals surface area contributed by atoms with Gasteiger partial charge in [-0.25, -0.2) is 5.10 Å². The second kappa shape index (κ2) is 9.74. The number of benzene rings is 2. The minimum absolute atomic E-state index is 0.0529. The fourth-order valence-corrected chi connectivity index (χ4v) is 5.01. The van der Waals surface area contributed by atoms with Crippen molar-refractivity contribution >= 4 is 28.1 Å². The SMILES string of the molecule is Cc1cc(COc2ccc(C(=O)N[C@H]3COCC[C@@H]3c3n[nH]c(=O)s3)cc2)c2ccccc2n1. The molecule has 5 rings (SSSR count). The Balaban J connectivity index is 1.24. The van der Waals surface area contributed by atoms with E-state index < -0.39 is 0 Å². The van der Waals surface area contributed by atoms with Gasteiger partial charge in [0.05, 0.1) is 18.2 Å². The maximum absolute atomic E-state index is 12.9. The lowest BCUT2D eigenvalue weighted by atomic mass is 9.95. The molecule has 1 aliphatic rings. The van der Waals surface area contributed by atoms with Gasteiger partial charge in [-0.05, 0) is 49.7 Å². The van der Waals surface area contributed by atoms with Crippen molar-refractivity contribution in [3.05, 3.63) is 86.1 Å². The number of H-pyrrole nitrogens is 1. The molecule has 1 fully saturated rings. The van der Waals surface area contributed by atoms with Crippen LogP contribution in [0.3, 0.4) is 0 Å². The molecular weight excluding hydrogens is 452 g/mol. The minimum atomic E-state index is -0.251. The van der Waals surface area contributed by atoms with Gasteiger partial charge >= 0.3 is 4.87 Å². The van der Waals surface area contributed by atoms with Crippen LogP contribution < -0.4 is 14.9 Å². The van der Waals surface area contributed by atoms with Gasteiger partial charge in [-0.2, -0.15) is 5.10 Å². The summed E-state index contributed by atoms with van der Waals surface area (Å²) < 4.78 is 11.6. The Kier molecular flexibility index (Phi) is 6.37. The van der Waals surface area contributed by atoms with Crippen molar-refractivity contribution in [2.24, 2.45) is 0 Å². The summed E-state index contributed by atoms with van der Waals surface area (Å²) in [6, 6.07) is 16.8. The Morgan fingerprint density at radius 2 is 2.06 bits per heavy atom. The molecule has 1 saturated heterocycles. The van der Waals surface area contributed by atoms with E-state index in [0.29, 0.717) is 42.6 Å². The number of nitrogens with one attached hydrogen (secondary N) is 2. The standard InChI is InChI=1S/C25H24N4O4S/c1-15-12-17(19-4-2-3-5-21(19)26-15)13-33-18-8-6-16(7-9-18)23(30)27-22-14-32-11-10-20(22)24-28-29-25(31)34-24/h2-9,12,20,22H,10-11,13-14H2,1H3,(H,27,30)(H,29,31)/t20-,22-/m0/s1. The number of hydrogen-bond acceptors (Lipinski definition) is 7. The van der Waals surface area contributed by atoms with Gasteiger partial charge in [-0.1, -0.05) is 29.5 Å². The van der Waals surface area contributed by atoms with E-state index in [0.717, 1.165) is 33.5 Å². The van der Waals surface area contributed by atoms with E-state index in [1.807, 2.05) is 37.3 Å². The molecule has 0 saturated carbocycles. The number of para-hydroxylation sites is 1. The molecule has 2 aromatic heterocycles. The molecule has 0 radical (unpaired) electrons. The number of hydrogen-bond donors (Lipinski definition) is 2. The van der Waals surface area contributed by atoms with Gasteiger partial charge < -0.3 is 14.8 Å². The molecule has 34 heavy (non-hydrogen) atoms. The number of nitrogens with zero attached hydrogens (tertiary/aromatic N) is 2. The van der Waals surface area contributed by atoms with Gasteiger partial charge in [0.2, 0.25) is 0 Å². The molecule has 0 aliphatic carbocycles. The second-order valence-corrected chi connectivity index (χ2v) is 9.25. The normalized spacial score (nSPS) is 18.0. The van der Waals surface area contributed by atoms with Crippen LogP contribution in [0.2, 0.25) is 0 Å². The first-order valence-corrected chi connectivity index (χ1v) is 11.9. The van der Waals surface area contributed by atoms with E-state index in [1.54, 1.807) is 24.3 Å². The van der Waals surface area contributed by atoms with Crippen LogP contribution in [0.1, 0.15) is 39.0 Å². The summed E-state index contributed by atoms with van der Waals surface area (Å²) >= 11 is 1.08. The maximum atomic E-state index is 12.9. The largest absolute Gasteiger partial charge is 0.489 e. The van der Waals surface area contributed by atoms with Crippen molar-refractivity contribution in [1.82, 2.24) is 20.5 Å². The van der Waals surface area contributed by atoms with Crippen molar-refractivity contribution < 1.29 is 14.3 Å². The summed E-state index contributed by atoms with van der Waals surface area (Å²) in [4.78, 5) is 28.7. The number of amides is 1. The maximum Gasteiger partial charge on any atom is 0.322 e. The van der Waals surface area contributed by atoms with Crippen molar-refractivity contribution in [3.8, 4) is 5.75 Å². The second-order valence-electron chi connectivity index (χ2n) is 8.25. The number of rotatable bonds is 6.